The van der Waals surface area contributed by atoms with E-state index in [0.29, 0.717) is 0 Å². The van der Waals surface area contributed by atoms with Crippen LogP contribution in [0.25, 0.3) is 0 Å². The summed E-state index contributed by atoms with van der Waals surface area (Å²) in [5.41, 5.74) is 1.01. The summed E-state index contributed by atoms with van der Waals surface area (Å²) in [5, 5.41) is 3.07. The molecule has 3 aromatic carbocycles. The van der Waals surface area contributed by atoms with Gasteiger partial charge in [0.2, 0.25) is 0 Å². The summed E-state index contributed by atoms with van der Waals surface area (Å²) in [4.78, 5) is 3.82. The van der Waals surface area contributed by atoms with Crippen LogP contribution in [-0.2, 0) is 10.8 Å². The molecular formula is C19H17NOS2. The first-order valence-electron chi connectivity index (χ1n) is 7.29. The smallest absolute Gasteiger partial charge is 0.0861 e. The highest BCUT2D eigenvalue weighted by Gasteiger charge is 2.12. The zero-order chi connectivity index (χ0) is 16.1. The lowest BCUT2D eigenvalue weighted by Crippen LogP contribution is -1.96. The molecule has 3 rings (SSSR count). The molecule has 0 saturated heterocycles. The fourth-order valence-corrected chi connectivity index (χ4v) is 4.48. The van der Waals surface area contributed by atoms with Crippen LogP contribution in [0.15, 0.2) is 98.4 Å². The second-order valence-electron chi connectivity index (χ2n) is 4.90. The topological polar surface area (TPSA) is 29.1 Å². The van der Waals surface area contributed by atoms with Crippen molar-refractivity contribution >= 4 is 28.2 Å². The highest BCUT2D eigenvalue weighted by molar-refractivity contribution is 8.00. The first-order valence-corrected chi connectivity index (χ1v) is 9.26. The van der Waals surface area contributed by atoms with Crippen molar-refractivity contribution in [2.24, 2.45) is 0 Å². The molecule has 0 bridgehead atoms. The van der Waals surface area contributed by atoms with E-state index >= 15 is 0 Å². The fourth-order valence-electron chi connectivity index (χ4n) is 2.18. The van der Waals surface area contributed by atoms with E-state index in [1.165, 1.54) is 0 Å². The van der Waals surface area contributed by atoms with Crippen molar-refractivity contribution in [2.75, 3.05) is 12.4 Å². The second kappa shape index (κ2) is 7.49. The van der Waals surface area contributed by atoms with Gasteiger partial charge in [-0.15, -0.1) is 0 Å². The van der Waals surface area contributed by atoms with Gasteiger partial charge < -0.3 is 5.32 Å². The Morgan fingerprint density at radius 2 is 1.48 bits per heavy atom. The summed E-state index contributed by atoms with van der Waals surface area (Å²) in [7, 11) is 0.682. The Morgan fingerprint density at radius 3 is 2.17 bits per heavy atom. The monoisotopic (exact) mass is 339 g/mol. The minimum atomic E-state index is -1.19. The Kier molecular flexibility index (Phi) is 5.16. The van der Waals surface area contributed by atoms with Gasteiger partial charge in [0, 0.05) is 27.4 Å². The Bertz CT molecular complexity index is 801. The molecule has 0 amide bonds. The Balaban J connectivity index is 1.91. The zero-order valence-electron chi connectivity index (χ0n) is 12.7. The van der Waals surface area contributed by atoms with E-state index in [-0.39, 0.29) is 0 Å². The van der Waals surface area contributed by atoms with Crippen LogP contribution in [0, 0.1) is 0 Å². The molecule has 1 N–H and O–H groups in total. The maximum atomic E-state index is 12.9. The maximum absolute atomic E-state index is 12.9. The van der Waals surface area contributed by atoms with Crippen LogP contribution in [0.1, 0.15) is 0 Å². The van der Waals surface area contributed by atoms with Crippen molar-refractivity contribution in [2.45, 2.75) is 19.6 Å². The molecule has 1 atom stereocenters. The molecule has 0 aliphatic rings. The molecule has 0 aliphatic carbocycles. The minimum Gasteiger partial charge on any atom is -0.388 e. The summed E-state index contributed by atoms with van der Waals surface area (Å²) in [5.74, 6) is 0. The average molecular weight is 339 g/mol. The number of benzene rings is 3. The quantitative estimate of drug-likeness (QED) is 0.705. The number of anilines is 1. The summed E-state index contributed by atoms with van der Waals surface area (Å²) < 4.78 is 12.9. The van der Waals surface area contributed by atoms with Crippen molar-refractivity contribution in [1.29, 1.82) is 0 Å². The Labute approximate surface area is 143 Å². The van der Waals surface area contributed by atoms with E-state index < -0.39 is 10.8 Å². The lowest BCUT2D eigenvalue weighted by molar-refractivity contribution is 0.681. The predicted molar refractivity (Wildman–Crippen MR) is 97.7 cm³/mol. The van der Waals surface area contributed by atoms with E-state index in [0.717, 1.165) is 25.3 Å². The van der Waals surface area contributed by atoms with Crippen LogP contribution in [0.3, 0.4) is 0 Å². The standard InChI is InChI=1S/C19H17NOS2/c1-20-15-11-13-17(14-12-15)23(21)19-10-6-5-9-18(19)22-16-7-3-2-4-8-16/h2-14,20H,1H3. The zero-order valence-corrected chi connectivity index (χ0v) is 14.4. The molecule has 0 aliphatic heterocycles. The van der Waals surface area contributed by atoms with Gasteiger partial charge in [0.15, 0.2) is 0 Å². The predicted octanol–water partition coefficient (Wildman–Crippen LogP) is 5.05. The minimum absolute atomic E-state index is 0.810. The Hall–Kier alpha value is -2.04. The van der Waals surface area contributed by atoms with Crippen LogP contribution in [-0.4, -0.2) is 11.3 Å². The molecule has 23 heavy (non-hydrogen) atoms. The first kappa shape index (κ1) is 15.8. The van der Waals surface area contributed by atoms with Crippen LogP contribution in [0.4, 0.5) is 5.69 Å². The fraction of sp³-hybridized carbons (Fsp3) is 0.0526. The summed E-state index contributed by atoms with van der Waals surface area (Å²) in [6.45, 7) is 0. The van der Waals surface area contributed by atoms with E-state index in [2.05, 4.69) is 17.4 Å². The van der Waals surface area contributed by atoms with Gasteiger partial charge in [-0.1, -0.05) is 42.1 Å². The van der Waals surface area contributed by atoms with Gasteiger partial charge in [0.25, 0.3) is 0 Å². The highest BCUT2D eigenvalue weighted by atomic mass is 32.2. The summed E-state index contributed by atoms with van der Waals surface area (Å²) >= 11 is 1.64. The number of rotatable bonds is 5. The normalized spacial score (nSPS) is 11.9. The van der Waals surface area contributed by atoms with Gasteiger partial charge >= 0.3 is 0 Å². The molecule has 2 nitrogen and oxygen atoms in total. The number of hydrogen-bond acceptors (Lipinski definition) is 3. The molecule has 0 heterocycles. The van der Waals surface area contributed by atoms with E-state index in [9.17, 15) is 4.21 Å². The molecule has 4 heteroatoms. The van der Waals surface area contributed by atoms with Gasteiger partial charge in [-0.2, -0.15) is 0 Å². The first-order chi connectivity index (χ1) is 11.3. The molecule has 3 aromatic rings. The lowest BCUT2D eigenvalue weighted by atomic mass is 10.3. The van der Waals surface area contributed by atoms with Crippen molar-refractivity contribution in [3.8, 4) is 0 Å². The van der Waals surface area contributed by atoms with Crippen LogP contribution >= 0.6 is 11.8 Å². The molecule has 1 unspecified atom stereocenters. The summed E-state index contributed by atoms with van der Waals surface area (Å²) in [6.07, 6.45) is 0. The third kappa shape index (κ3) is 3.84. The number of hydrogen-bond donors (Lipinski definition) is 1. The highest BCUT2D eigenvalue weighted by Crippen LogP contribution is 2.33. The third-order valence-corrected chi connectivity index (χ3v) is 6.05. The average Bonchev–Trinajstić information content (AvgIpc) is 2.62. The van der Waals surface area contributed by atoms with E-state index in [4.69, 9.17) is 0 Å². The molecule has 0 radical (unpaired) electrons. The molecule has 0 spiro atoms. The van der Waals surface area contributed by atoms with Crippen molar-refractivity contribution < 1.29 is 4.21 Å². The molecular weight excluding hydrogens is 322 g/mol. The third-order valence-electron chi connectivity index (χ3n) is 3.38. The summed E-state index contributed by atoms with van der Waals surface area (Å²) in [6, 6.07) is 25.7. The van der Waals surface area contributed by atoms with Crippen molar-refractivity contribution in [3.63, 3.8) is 0 Å². The Morgan fingerprint density at radius 1 is 0.826 bits per heavy atom. The maximum Gasteiger partial charge on any atom is 0.0861 e. The molecule has 0 saturated carbocycles. The van der Waals surface area contributed by atoms with Crippen LogP contribution in [0.2, 0.25) is 0 Å². The van der Waals surface area contributed by atoms with E-state index in [1.54, 1.807) is 11.8 Å². The van der Waals surface area contributed by atoms with Gasteiger partial charge in [0.1, 0.15) is 0 Å². The van der Waals surface area contributed by atoms with Crippen molar-refractivity contribution in [3.05, 3.63) is 78.9 Å². The number of nitrogens with one attached hydrogen (secondary N) is 1. The van der Waals surface area contributed by atoms with Gasteiger partial charge in [-0.3, -0.25) is 0 Å². The van der Waals surface area contributed by atoms with Gasteiger partial charge in [0.05, 0.1) is 15.7 Å². The van der Waals surface area contributed by atoms with Gasteiger partial charge in [-0.25, -0.2) is 4.21 Å². The molecule has 0 fully saturated rings. The SMILES string of the molecule is CNc1ccc(S(=O)c2ccccc2Sc2ccccc2)cc1. The van der Waals surface area contributed by atoms with Crippen LogP contribution in [0.5, 0.6) is 0 Å². The van der Waals surface area contributed by atoms with E-state index in [1.807, 2.05) is 73.8 Å². The lowest BCUT2D eigenvalue weighted by Gasteiger charge is -2.09. The second-order valence-corrected chi connectivity index (χ2v) is 7.47. The van der Waals surface area contributed by atoms with Crippen LogP contribution < -0.4 is 5.32 Å². The molecule has 116 valence electrons. The molecule has 0 aromatic heterocycles. The van der Waals surface area contributed by atoms with Gasteiger partial charge in [-0.05, 0) is 48.5 Å². The largest absolute Gasteiger partial charge is 0.388 e. The van der Waals surface area contributed by atoms with Crippen molar-refractivity contribution in [1.82, 2.24) is 0 Å².